The van der Waals surface area contributed by atoms with Gasteiger partial charge in [0.15, 0.2) is 5.15 Å². The first-order valence-corrected chi connectivity index (χ1v) is 6.70. The van der Waals surface area contributed by atoms with E-state index in [1.54, 1.807) is 17.0 Å². The zero-order valence-corrected chi connectivity index (χ0v) is 11.5. The van der Waals surface area contributed by atoms with E-state index in [9.17, 15) is 9.59 Å². The van der Waals surface area contributed by atoms with E-state index < -0.39 is 11.8 Å². The van der Waals surface area contributed by atoms with E-state index in [0.717, 1.165) is 19.3 Å². The third-order valence-corrected chi connectivity index (χ3v) is 3.57. The SMILES string of the molecule is CC1CCCCN1C(=O)C(=O)Nc1cccnc1Cl. The summed E-state index contributed by atoms with van der Waals surface area (Å²) in [5, 5.41) is 2.68. The molecule has 0 spiro atoms. The standard InChI is InChI=1S/C13H16ClN3O2/c1-9-5-2-3-8-17(9)13(19)12(18)16-10-6-4-7-15-11(10)14/h4,6-7,9H,2-3,5,8H2,1H3,(H,16,18). The minimum Gasteiger partial charge on any atom is -0.332 e. The van der Waals surface area contributed by atoms with Crippen LogP contribution in [0.4, 0.5) is 5.69 Å². The molecule has 1 unspecified atom stereocenters. The molecule has 0 aromatic carbocycles. The van der Waals surface area contributed by atoms with Crippen molar-refractivity contribution in [3.8, 4) is 0 Å². The lowest BCUT2D eigenvalue weighted by atomic mass is 10.0. The van der Waals surface area contributed by atoms with Gasteiger partial charge in [-0.3, -0.25) is 9.59 Å². The van der Waals surface area contributed by atoms with Gasteiger partial charge >= 0.3 is 11.8 Å². The highest BCUT2D eigenvalue weighted by atomic mass is 35.5. The van der Waals surface area contributed by atoms with Gasteiger partial charge in [0.1, 0.15) is 0 Å². The van der Waals surface area contributed by atoms with Crippen LogP contribution < -0.4 is 5.32 Å². The largest absolute Gasteiger partial charge is 0.332 e. The topological polar surface area (TPSA) is 62.3 Å². The number of amides is 2. The summed E-state index contributed by atoms with van der Waals surface area (Å²) in [6.45, 7) is 2.59. The molecular weight excluding hydrogens is 266 g/mol. The van der Waals surface area contributed by atoms with Crippen LogP contribution in [0, 0.1) is 0 Å². The monoisotopic (exact) mass is 281 g/mol. The molecule has 1 aliphatic rings. The number of pyridine rings is 1. The normalized spacial score (nSPS) is 19.1. The fourth-order valence-corrected chi connectivity index (χ4v) is 2.35. The van der Waals surface area contributed by atoms with E-state index in [-0.39, 0.29) is 11.2 Å². The molecule has 102 valence electrons. The van der Waals surface area contributed by atoms with Gasteiger partial charge in [0, 0.05) is 18.8 Å². The fourth-order valence-electron chi connectivity index (χ4n) is 2.19. The van der Waals surface area contributed by atoms with Crippen molar-refractivity contribution in [3.05, 3.63) is 23.5 Å². The molecule has 0 radical (unpaired) electrons. The molecule has 2 heterocycles. The molecule has 5 nitrogen and oxygen atoms in total. The Balaban J connectivity index is 2.03. The van der Waals surface area contributed by atoms with Crippen molar-refractivity contribution in [2.45, 2.75) is 32.2 Å². The number of carbonyl (C=O) groups excluding carboxylic acids is 2. The number of anilines is 1. The molecule has 1 aliphatic heterocycles. The Morgan fingerprint density at radius 2 is 2.26 bits per heavy atom. The summed E-state index contributed by atoms with van der Waals surface area (Å²) >= 11 is 5.84. The lowest BCUT2D eigenvalue weighted by Gasteiger charge is -2.32. The molecular formula is C13H16ClN3O2. The summed E-state index contributed by atoms with van der Waals surface area (Å²) in [6, 6.07) is 3.37. The molecule has 2 rings (SSSR count). The smallest absolute Gasteiger partial charge is 0.313 e. The van der Waals surface area contributed by atoms with Gasteiger partial charge < -0.3 is 10.2 Å². The molecule has 0 bridgehead atoms. The molecule has 1 fully saturated rings. The van der Waals surface area contributed by atoms with Crippen LogP contribution in [-0.4, -0.2) is 34.3 Å². The zero-order chi connectivity index (χ0) is 13.8. The zero-order valence-electron chi connectivity index (χ0n) is 10.7. The highest BCUT2D eigenvalue weighted by Gasteiger charge is 2.28. The maximum atomic E-state index is 12.1. The number of nitrogens with one attached hydrogen (secondary N) is 1. The second-order valence-electron chi connectivity index (χ2n) is 4.64. The number of piperidine rings is 1. The van der Waals surface area contributed by atoms with Crippen molar-refractivity contribution in [2.24, 2.45) is 0 Å². The van der Waals surface area contributed by atoms with Crippen molar-refractivity contribution >= 4 is 29.1 Å². The van der Waals surface area contributed by atoms with Crippen molar-refractivity contribution in [3.63, 3.8) is 0 Å². The number of hydrogen-bond acceptors (Lipinski definition) is 3. The maximum absolute atomic E-state index is 12.1. The molecule has 19 heavy (non-hydrogen) atoms. The van der Waals surface area contributed by atoms with E-state index in [0.29, 0.717) is 12.2 Å². The van der Waals surface area contributed by atoms with Gasteiger partial charge in [-0.15, -0.1) is 0 Å². The number of rotatable bonds is 1. The van der Waals surface area contributed by atoms with Gasteiger partial charge in [-0.2, -0.15) is 0 Å². The van der Waals surface area contributed by atoms with E-state index >= 15 is 0 Å². The summed E-state index contributed by atoms with van der Waals surface area (Å²) in [5.74, 6) is -1.17. The third-order valence-electron chi connectivity index (χ3n) is 3.27. The number of nitrogens with zero attached hydrogens (tertiary/aromatic N) is 2. The molecule has 0 aliphatic carbocycles. The van der Waals surface area contributed by atoms with Gasteiger partial charge in [0.05, 0.1) is 5.69 Å². The van der Waals surface area contributed by atoms with Crippen molar-refractivity contribution < 1.29 is 9.59 Å². The van der Waals surface area contributed by atoms with E-state index in [4.69, 9.17) is 11.6 Å². The van der Waals surface area contributed by atoms with Crippen LogP contribution in [0.1, 0.15) is 26.2 Å². The van der Waals surface area contributed by atoms with Crippen LogP contribution in [-0.2, 0) is 9.59 Å². The molecule has 2 amide bonds. The predicted octanol–water partition coefficient (Wildman–Crippen LogP) is 2.07. The number of aromatic nitrogens is 1. The second kappa shape index (κ2) is 6.02. The Labute approximate surface area is 117 Å². The van der Waals surface area contributed by atoms with Crippen LogP contribution in [0.5, 0.6) is 0 Å². The van der Waals surface area contributed by atoms with Gasteiger partial charge in [-0.25, -0.2) is 4.98 Å². The van der Waals surface area contributed by atoms with Gasteiger partial charge in [0.2, 0.25) is 0 Å². The van der Waals surface area contributed by atoms with Gasteiger partial charge in [0.25, 0.3) is 0 Å². The van der Waals surface area contributed by atoms with E-state index in [2.05, 4.69) is 10.3 Å². The van der Waals surface area contributed by atoms with Crippen LogP contribution >= 0.6 is 11.6 Å². The average molecular weight is 282 g/mol. The Morgan fingerprint density at radius 3 is 2.95 bits per heavy atom. The van der Waals surface area contributed by atoms with Gasteiger partial charge in [-0.05, 0) is 38.3 Å². The van der Waals surface area contributed by atoms with Crippen molar-refractivity contribution in [1.29, 1.82) is 0 Å². The van der Waals surface area contributed by atoms with Crippen LogP contribution in [0.25, 0.3) is 0 Å². The summed E-state index contributed by atoms with van der Waals surface area (Å²) in [4.78, 5) is 29.5. The number of likely N-dealkylation sites (tertiary alicyclic amines) is 1. The van der Waals surface area contributed by atoms with Crippen LogP contribution in [0.2, 0.25) is 5.15 Å². The number of halogens is 1. The molecule has 6 heteroatoms. The average Bonchev–Trinajstić information content (AvgIpc) is 2.41. The summed E-state index contributed by atoms with van der Waals surface area (Å²) < 4.78 is 0. The van der Waals surface area contributed by atoms with E-state index in [1.165, 1.54) is 6.20 Å². The Morgan fingerprint density at radius 1 is 1.47 bits per heavy atom. The quantitative estimate of drug-likeness (QED) is 0.633. The Kier molecular flexibility index (Phi) is 4.37. The minimum atomic E-state index is -0.663. The molecule has 1 aromatic rings. The highest BCUT2D eigenvalue weighted by Crippen LogP contribution is 2.19. The highest BCUT2D eigenvalue weighted by molar-refractivity contribution is 6.41. The summed E-state index contributed by atoms with van der Waals surface area (Å²) in [5.41, 5.74) is 0.354. The number of carbonyl (C=O) groups is 2. The van der Waals surface area contributed by atoms with Crippen molar-refractivity contribution in [2.75, 3.05) is 11.9 Å². The molecule has 1 aromatic heterocycles. The summed E-state index contributed by atoms with van der Waals surface area (Å²) in [7, 11) is 0. The van der Waals surface area contributed by atoms with Crippen molar-refractivity contribution in [1.82, 2.24) is 9.88 Å². The first kappa shape index (κ1) is 13.8. The minimum absolute atomic E-state index is 0.108. The van der Waals surface area contributed by atoms with Crippen LogP contribution in [0.3, 0.4) is 0 Å². The second-order valence-corrected chi connectivity index (χ2v) is 5.00. The molecule has 1 N–H and O–H groups in total. The Hall–Kier alpha value is -1.62. The first-order valence-electron chi connectivity index (χ1n) is 6.32. The lowest BCUT2D eigenvalue weighted by molar-refractivity contribution is -0.145. The predicted molar refractivity (Wildman–Crippen MR) is 72.9 cm³/mol. The Bertz CT molecular complexity index is 493. The van der Waals surface area contributed by atoms with Gasteiger partial charge in [-0.1, -0.05) is 11.6 Å². The van der Waals surface area contributed by atoms with E-state index in [1.807, 2.05) is 6.92 Å². The molecule has 1 saturated heterocycles. The maximum Gasteiger partial charge on any atom is 0.313 e. The fraction of sp³-hybridized carbons (Fsp3) is 0.462. The first-order chi connectivity index (χ1) is 9.09. The molecule has 0 saturated carbocycles. The number of hydrogen-bond donors (Lipinski definition) is 1. The lowest BCUT2D eigenvalue weighted by Crippen LogP contribution is -2.47. The summed E-state index contributed by atoms with van der Waals surface area (Å²) in [6.07, 6.45) is 4.50. The van der Waals surface area contributed by atoms with Crippen LogP contribution in [0.15, 0.2) is 18.3 Å². The third kappa shape index (κ3) is 3.23. The molecule has 1 atom stereocenters.